The van der Waals surface area contributed by atoms with Gasteiger partial charge in [0.25, 0.3) is 0 Å². The number of nitrogens with zero attached hydrogens (tertiary/aromatic N) is 2. The molecule has 1 atom stereocenters. The second-order valence-corrected chi connectivity index (χ2v) is 5.56. The molecule has 0 saturated carbocycles. The van der Waals surface area contributed by atoms with E-state index in [1.54, 1.807) is 0 Å². The van der Waals surface area contributed by atoms with Crippen LogP contribution in [0.5, 0.6) is 0 Å². The first-order chi connectivity index (χ1) is 10.3. The van der Waals surface area contributed by atoms with Crippen LogP contribution in [0.3, 0.4) is 0 Å². The number of methoxy groups -OCH3 is 1. The maximum atomic E-state index is 12.3. The van der Waals surface area contributed by atoms with E-state index >= 15 is 0 Å². The van der Waals surface area contributed by atoms with Crippen molar-refractivity contribution in [2.45, 2.75) is 22.9 Å². The molecular weight excluding hydrogens is 313 g/mol. The largest absolute Gasteiger partial charge is 0.446 e. The Morgan fingerprint density at radius 1 is 1.27 bits per heavy atom. The van der Waals surface area contributed by atoms with Crippen LogP contribution >= 0.6 is 11.8 Å². The highest BCUT2D eigenvalue weighted by Crippen LogP contribution is 2.41. The van der Waals surface area contributed by atoms with Gasteiger partial charge in [0.15, 0.2) is 5.41 Å². The van der Waals surface area contributed by atoms with Crippen molar-refractivity contribution in [2.75, 3.05) is 7.11 Å². The Balaban J connectivity index is 3.13. The average molecular weight is 326 g/mol. The van der Waals surface area contributed by atoms with Crippen molar-refractivity contribution in [1.82, 2.24) is 0 Å². The van der Waals surface area contributed by atoms with E-state index in [2.05, 4.69) is 6.58 Å². The number of allylic oxidation sites excluding steroid dienone is 1. The Labute approximate surface area is 131 Å². The number of thioether (sulfide) groups is 1. The van der Waals surface area contributed by atoms with Gasteiger partial charge in [-0.25, -0.2) is 0 Å². The van der Waals surface area contributed by atoms with Crippen molar-refractivity contribution < 1.29 is 17.9 Å². The van der Waals surface area contributed by atoms with Crippen LogP contribution in [0.2, 0.25) is 0 Å². The molecule has 116 valence electrons. The molecule has 0 N–H and O–H groups in total. The summed E-state index contributed by atoms with van der Waals surface area (Å²) in [7, 11) is 1.34. The van der Waals surface area contributed by atoms with Gasteiger partial charge in [0.2, 0.25) is 0 Å². The number of benzene rings is 1. The Hall–Kier alpha value is -1.96. The molecule has 0 amide bonds. The number of hydrogen-bond donors (Lipinski definition) is 0. The van der Waals surface area contributed by atoms with E-state index in [1.165, 1.54) is 37.5 Å². The maximum absolute atomic E-state index is 12.3. The highest BCUT2D eigenvalue weighted by Gasteiger charge is 2.40. The van der Waals surface area contributed by atoms with Gasteiger partial charge in [-0.1, -0.05) is 18.2 Å². The van der Waals surface area contributed by atoms with Crippen molar-refractivity contribution >= 4 is 11.8 Å². The maximum Gasteiger partial charge on any atom is 0.446 e. The molecule has 0 aliphatic carbocycles. The first-order valence-corrected chi connectivity index (χ1v) is 6.95. The Kier molecular flexibility index (Phi) is 6.04. The normalized spacial score (nSPS) is 13.0. The van der Waals surface area contributed by atoms with Crippen LogP contribution in [0, 0.1) is 28.1 Å². The third-order valence-corrected chi connectivity index (χ3v) is 3.70. The highest BCUT2D eigenvalue weighted by molar-refractivity contribution is 8.00. The predicted molar refractivity (Wildman–Crippen MR) is 76.6 cm³/mol. The van der Waals surface area contributed by atoms with Crippen molar-refractivity contribution in [1.29, 1.82) is 10.5 Å². The standard InChI is InChI=1S/C15H13F3N2OS/c1-3-8-14(9-19,10-20)13(21-2)11-4-6-12(7-5-11)22-15(16,17)18/h3-7,13H,1,8H2,2H3. The lowest BCUT2D eigenvalue weighted by molar-refractivity contribution is -0.0328. The van der Waals surface area contributed by atoms with Crippen LogP contribution in [-0.2, 0) is 4.74 Å². The third kappa shape index (κ3) is 4.27. The first kappa shape index (κ1) is 18.1. The minimum Gasteiger partial charge on any atom is -0.374 e. The third-order valence-electron chi connectivity index (χ3n) is 2.97. The Bertz CT molecular complexity index is 585. The Morgan fingerprint density at radius 3 is 2.18 bits per heavy atom. The summed E-state index contributed by atoms with van der Waals surface area (Å²) in [5.74, 6) is 0. The fourth-order valence-electron chi connectivity index (χ4n) is 2.03. The zero-order valence-electron chi connectivity index (χ0n) is 11.7. The molecule has 0 aliphatic rings. The van der Waals surface area contributed by atoms with E-state index in [0.29, 0.717) is 5.56 Å². The topological polar surface area (TPSA) is 56.8 Å². The lowest BCUT2D eigenvalue weighted by Crippen LogP contribution is -2.26. The summed E-state index contributed by atoms with van der Waals surface area (Å²) in [6, 6.07) is 9.27. The van der Waals surface area contributed by atoms with E-state index in [0.717, 1.165) is 0 Å². The number of ether oxygens (including phenoxy) is 1. The molecular formula is C15H13F3N2OS. The van der Waals surface area contributed by atoms with Gasteiger partial charge in [0, 0.05) is 12.0 Å². The second kappa shape index (κ2) is 7.35. The van der Waals surface area contributed by atoms with Crippen LogP contribution in [-0.4, -0.2) is 12.6 Å². The van der Waals surface area contributed by atoms with Crippen molar-refractivity contribution in [3.05, 3.63) is 42.5 Å². The fraction of sp³-hybridized carbons (Fsp3) is 0.333. The SMILES string of the molecule is C=CCC(C#N)(C#N)C(OC)c1ccc(SC(F)(F)F)cc1. The van der Waals surface area contributed by atoms with Crippen molar-refractivity contribution in [3.8, 4) is 12.1 Å². The van der Waals surface area contributed by atoms with Gasteiger partial charge in [-0.15, -0.1) is 6.58 Å². The number of alkyl halides is 3. The van der Waals surface area contributed by atoms with E-state index in [-0.39, 0.29) is 23.1 Å². The van der Waals surface area contributed by atoms with Crippen LogP contribution < -0.4 is 0 Å². The minimum absolute atomic E-state index is 0.0225. The lowest BCUT2D eigenvalue weighted by atomic mass is 9.78. The first-order valence-electron chi connectivity index (χ1n) is 6.14. The van der Waals surface area contributed by atoms with Crippen molar-refractivity contribution in [2.24, 2.45) is 5.41 Å². The zero-order chi connectivity index (χ0) is 16.8. The van der Waals surface area contributed by atoms with E-state index in [4.69, 9.17) is 4.74 Å². The van der Waals surface area contributed by atoms with Gasteiger partial charge < -0.3 is 4.74 Å². The second-order valence-electron chi connectivity index (χ2n) is 4.42. The summed E-state index contributed by atoms with van der Waals surface area (Å²) >= 11 is -0.229. The van der Waals surface area contributed by atoms with Crippen LogP contribution in [0.1, 0.15) is 18.1 Å². The zero-order valence-corrected chi connectivity index (χ0v) is 12.5. The molecule has 0 aliphatic heterocycles. The molecule has 0 aromatic heterocycles. The molecule has 3 nitrogen and oxygen atoms in total. The van der Waals surface area contributed by atoms with Crippen LogP contribution in [0.4, 0.5) is 13.2 Å². The molecule has 22 heavy (non-hydrogen) atoms. The number of nitriles is 2. The summed E-state index contributed by atoms with van der Waals surface area (Å²) < 4.78 is 42.2. The summed E-state index contributed by atoms with van der Waals surface area (Å²) in [5.41, 5.74) is -5.39. The van der Waals surface area contributed by atoms with Crippen molar-refractivity contribution in [3.63, 3.8) is 0 Å². The monoisotopic (exact) mass is 326 g/mol. The molecule has 1 aromatic rings. The number of hydrogen-bond acceptors (Lipinski definition) is 4. The molecule has 0 fully saturated rings. The summed E-state index contributed by atoms with van der Waals surface area (Å²) in [5, 5.41) is 18.6. The molecule has 0 saturated heterocycles. The molecule has 1 unspecified atom stereocenters. The smallest absolute Gasteiger partial charge is 0.374 e. The molecule has 0 bridgehead atoms. The van der Waals surface area contributed by atoms with Gasteiger partial charge in [0.1, 0.15) is 6.10 Å². The van der Waals surface area contributed by atoms with Gasteiger partial charge in [-0.05, 0) is 35.9 Å². The summed E-state index contributed by atoms with van der Waals surface area (Å²) in [6.07, 6.45) is 0.634. The van der Waals surface area contributed by atoms with E-state index < -0.39 is 17.0 Å². The molecule has 1 rings (SSSR count). The summed E-state index contributed by atoms with van der Waals surface area (Å²) in [4.78, 5) is 0.0225. The minimum atomic E-state index is -4.37. The molecule has 0 heterocycles. The quantitative estimate of drug-likeness (QED) is 0.566. The number of halogens is 3. The molecule has 0 spiro atoms. The fourth-order valence-corrected chi connectivity index (χ4v) is 2.57. The van der Waals surface area contributed by atoms with Crippen LogP contribution in [0.15, 0.2) is 41.8 Å². The van der Waals surface area contributed by atoms with Gasteiger partial charge in [-0.3, -0.25) is 0 Å². The average Bonchev–Trinajstić information content (AvgIpc) is 2.47. The molecule has 7 heteroatoms. The van der Waals surface area contributed by atoms with Crippen LogP contribution in [0.25, 0.3) is 0 Å². The Morgan fingerprint density at radius 2 is 1.82 bits per heavy atom. The predicted octanol–water partition coefficient (Wildman–Crippen LogP) is 4.60. The van der Waals surface area contributed by atoms with Gasteiger partial charge in [0.05, 0.1) is 12.1 Å². The highest BCUT2D eigenvalue weighted by atomic mass is 32.2. The van der Waals surface area contributed by atoms with Gasteiger partial charge >= 0.3 is 5.51 Å². The van der Waals surface area contributed by atoms with E-state index in [9.17, 15) is 23.7 Å². The molecule has 0 radical (unpaired) electrons. The summed E-state index contributed by atoms with van der Waals surface area (Å²) in [6.45, 7) is 3.52. The van der Waals surface area contributed by atoms with Gasteiger partial charge in [-0.2, -0.15) is 23.7 Å². The number of rotatable bonds is 6. The lowest BCUT2D eigenvalue weighted by Gasteiger charge is -2.27. The van der Waals surface area contributed by atoms with E-state index in [1.807, 2.05) is 12.1 Å². The molecule has 1 aromatic carbocycles.